The van der Waals surface area contributed by atoms with E-state index in [0.717, 1.165) is 0 Å². The van der Waals surface area contributed by atoms with Gasteiger partial charge in [-0.15, -0.1) is 10.2 Å². The molecule has 0 spiro atoms. The lowest BCUT2D eigenvalue weighted by Gasteiger charge is -2.17. The first-order chi connectivity index (χ1) is 17.3. The zero-order chi connectivity index (χ0) is 26.1. The molecule has 0 aliphatic heterocycles. The molecule has 0 saturated heterocycles. The van der Waals surface area contributed by atoms with Gasteiger partial charge in [-0.05, 0) is 44.5 Å². The minimum absolute atomic E-state index is 0.0151. The van der Waals surface area contributed by atoms with E-state index in [1.807, 2.05) is 0 Å². The molecule has 3 rings (SSSR count). The Bertz CT molecular complexity index is 1240. The summed E-state index contributed by atoms with van der Waals surface area (Å²) >= 11 is 0. The largest absolute Gasteiger partial charge is 0.466 e. The molecule has 14 heteroatoms. The molecule has 0 bridgehead atoms. The van der Waals surface area contributed by atoms with Gasteiger partial charge in [0.15, 0.2) is 17.2 Å². The van der Waals surface area contributed by atoms with Gasteiger partial charge in [0.05, 0.1) is 19.8 Å². The van der Waals surface area contributed by atoms with Crippen molar-refractivity contribution in [3.63, 3.8) is 0 Å². The standard InChI is InChI=1S/C22H27N9O5/c1-3-35-16(32)10-9-14(21(34)36-4-2)26-20(33)12-5-7-13(8-6-12)25-11-15-27-17-18(23)28-22(24)29-19(17)31-30-15/h5-8,14,25H,3-4,9-11H2,1-2H3,(H,26,33)(H4,23,24,28,29,31). The quantitative estimate of drug-likeness (QED) is 0.268. The van der Waals surface area contributed by atoms with E-state index in [9.17, 15) is 14.4 Å². The lowest BCUT2D eigenvalue weighted by molar-refractivity contribution is -0.146. The first-order valence-electron chi connectivity index (χ1n) is 11.2. The van der Waals surface area contributed by atoms with Gasteiger partial charge >= 0.3 is 11.9 Å². The van der Waals surface area contributed by atoms with Gasteiger partial charge in [-0.25, -0.2) is 9.78 Å². The van der Waals surface area contributed by atoms with Crippen LogP contribution in [0.2, 0.25) is 0 Å². The van der Waals surface area contributed by atoms with Gasteiger partial charge in [-0.2, -0.15) is 9.97 Å². The maximum absolute atomic E-state index is 12.7. The molecule has 1 amide bonds. The number of carbonyl (C=O) groups excluding carboxylic acids is 3. The van der Waals surface area contributed by atoms with Crippen molar-refractivity contribution in [2.45, 2.75) is 39.3 Å². The van der Waals surface area contributed by atoms with Crippen molar-refractivity contribution in [1.29, 1.82) is 0 Å². The third-order valence-electron chi connectivity index (χ3n) is 4.83. The van der Waals surface area contributed by atoms with Crippen LogP contribution < -0.4 is 22.1 Å². The number of fused-ring (bicyclic) bond motifs is 1. The Morgan fingerprint density at radius 3 is 2.39 bits per heavy atom. The van der Waals surface area contributed by atoms with Crippen LogP contribution in [0.15, 0.2) is 24.3 Å². The number of ether oxygens (including phenoxy) is 2. The average molecular weight is 498 g/mol. The highest BCUT2D eigenvalue weighted by Crippen LogP contribution is 2.15. The fourth-order valence-electron chi connectivity index (χ4n) is 3.14. The van der Waals surface area contributed by atoms with Crippen LogP contribution in [-0.2, 0) is 25.6 Å². The molecule has 0 radical (unpaired) electrons. The minimum atomic E-state index is -0.982. The number of aromatic nitrogens is 5. The summed E-state index contributed by atoms with van der Waals surface area (Å²) in [6, 6.07) is 5.54. The smallest absolute Gasteiger partial charge is 0.328 e. The van der Waals surface area contributed by atoms with Gasteiger partial charge in [-0.3, -0.25) is 9.59 Å². The van der Waals surface area contributed by atoms with Crippen molar-refractivity contribution in [3.05, 3.63) is 35.7 Å². The second kappa shape index (κ2) is 12.2. The van der Waals surface area contributed by atoms with Crippen molar-refractivity contribution in [2.24, 2.45) is 0 Å². The van der Waals surface area contributed by atoms with Gasteiger partial charge in [0.25, 0.3) is 5.91 Å². The van der Waals surface area contributed by atoms with Crippen LogP contribution in [-0.4, -0.2) is 62.3 Å². The van der Waals surface area contributed by atoms with Gasteiger partial charge in [0, 0.05) is 17.7 Å². The fraction of sp³-hybridized carbons (Fsp3) is 0.364. The number of amides is 1. The molecule has 3 aromatic rings. The highest BCUT2D eigenvalue weighted by Gasteiger charge is 2.24. The Morgan fingerprint density at radius 1 is 0.972 bits per heavy atom. The van der Waals surface area contributed by atoms with E-state index in [4.69, 9.17) is 20.9 Å². The molecule has 14 nitrogen and oxygen atoms in total. The lowest BCUT2D eigenvalue weighted by atomic mass is 10.1. The minimum Gasteiger partial charge on any atom is -0.466 e. The third-order valence-corrected chi connectivity index (χ3v) is 4.83. The zero-order valence-electron chi connectivity index (χ0n) is 19.9. The summed E-state index contributed by atoms with van der Waals surface area (Å²) in [6.45, 7) is 3.95. The predicted molar refractivity (Wildman–Crippen MR) is 129 cm³/mol. The van der Waals surface area contributed by atoms with Crippen LogP contribution in [0.5, 0.6) is 0 Å². The third kappa shape index (κ3) is 6.94. The van der Waals surface area contributed by atoms with Gasteiger partial charge in [-0.1, -0.05) is 0 Å². The highest BCUT2D eigenvalue weighted by molar-refractivity contribution is 5.97. The first kappa shape index (κ1) is 26.0. The number of esters is 2. The summed E-state index contributed by atoms with van der Waals surface area (Å²) in [5, 5.41) is 13.7. The first-order valence-corrected chi connectivity index (χ1v) is 11.2. The van der Waals surface area contributed by atoms with Crippen LogP contribution in [0.1, 0.15) is 42.9 Å². The van der Waals surface area contributed by atoms with Crippen molar-refractivity contribution < 1.29 is 23.9 Å². The van der Waals surface area contributed by atoms with Crippen molar-refractivity contribution in [2.75, 3.05) is 30.0 Å². The van der Waals surface area contributed by atoms with Crippen LogP contribution in [0, 0.1) is 0 Å². The summed E-state index contributed by atoms with van der Waals surface area (Å²) in [6.07, 6.45) is 0.0301. The molecular formula is C22H27N9O5. The Labute approximate surface area is 206 Å². The molecule has 1 unspecified atom stereocenters. The average Bonchev–Trinajstić information content (AvgIpc) is 2.85. The summed E-state index contributed by atoms with van der Waals surface area (Å²) in [5.41, 5.74) is 12.9. The van der Waals surface area contributed by atoms with Crippen molar-refractivity contribution in [3.8, 4) is 0 Å². The fourth-order valence-corrected chi connectivity index (χ4v) is 3.14. The molecule has 1 aromatic carbocycles. The number of nitrogens with two attached hydrogens (primary N) is 2. The maximum atomic E-state index is 12.7. The van der Waals surface area contributed by atoms with Crippen molar-refractivity contribution in [1.82, 2.24) is 30.5 Å². The van der Waals surface area contributed by atoms with E-state index in [1.165, 1.54) is 0 Å². The molecule has 1 atom stereocenters. The second-order valence-electron chi connectivity index (χ2n) is 7.42. The molecule has 6 N–H and O–H groups in total. The summed E-state index contributed by atoms with van der Waals surface area (Å²) in [5.74, 6) is -1.12. The van der Waals surface area contributed by atoms with Crippen LogP contribution in [0.4, 0.5) is 17.5 Å². The van der Waals surface area contributed by atoms with E-state index >= 15 is 0 Å². The molecule has 0 saturated carbocycles. The van der Waals surface area contributed by atoms with Crippen LogP contribution in [0.25, 0.3) is 11.2 Å². The number of nitrogen functional groups attached to an aromatic ring is 2. The van der Waals surface area contributed by atoms with Gasteiger partial charge in [0.1, 0.15) is 6.04 Å². The number of anilines is 3. The van der Waals surface area contributed by atoms with Gasteiger partial charge in [0.2, 0.25) is 11.6 Å². The number of carbonyl (C=O) groups is 3. The van der Waals surface area contributed by atoms with E-state index in [-0.39, 0.29) is 50.0 Å². The highest BCUT2D eigenvalue weighted by atomic mass is 16.5. The van der Waals surface area contributed by atoms with E-state index in [1.54, 1.807) is 38.1 Å². The van der Waals surface area contributed by atoms with Crippen LogP contribution in [0.3, 0.4) is 0 Å². The number of nitrogens with zero attached hydrogens (tertiary/aromatic N) is 5. The van der Waals surface area contributed by atoms with Crippen molar-refractivity contribution >= 4 is 46.5 Å². The second-order valence-corrected chi connectivity index (χ2v) is 7.42. The van der Waals surface area contributed by atoms with E-state index in [2.05, 4.69) is 35.8 Å². The molecule has 190 valence electrons. The predicted octanol–water partition coefficient (Wildman–Crippen LogP) is 0.596. The lowest BCUT2D eigenvalue weighted by Crippen LogP contribution is -2.42. The Balaban J connectivity index is 1.61. The molecule has 0 fully saturated rings. The number of nitrogens with one attached hydrogen (secondary N) is 2. The number of benzene rings is 1. The molecule has 0 aliphatic rings. The summed E-state index contributed by atoms with van der Waals surface area (Å²) in [7, 11) is 0. The number of hydrogen-bond donors (Lipinski definition) is 4. The Morgan fingerprint density at radius 2 is 1.69 bits per heavy atom. The summed E-state index contributed by atoms with van der Waals surface area (Å²) in [4.78, 5) is 48.7. The topological polar surface area (TPSA) is 210 Å². The normalized spacial score (nSPS) is 11.5. The van der Waals surface area contributed by atoms with Crippen LogP contribution >= 0.6 is 0 Å². The number of hydrogen-bond acceptors (Lipinski definition) is 13. The monoisotopic (exact) mass is 497 g/mol. The molecule has 36 heavy (non-hydrogen) atoms. The SMILES string of the molecule is CCOC(=O)CCC(NC(=O)c1ccc(NCc2nnc3nc(N)nc(N)c3n2)cc1)C(=O)OCC. The van der Waals surface area contributed by atoms with Gasteiger partial charge < -0.3 is 31.6 Å². The molecule has 2 heterocycles. The number of rotatable bonds is 11. The van der Waals surface area contributed by atoms with E-state index in [0.29, 0.717) is 22.6 Å². The Kier molecular flexibility index (Phi) is 8.80. The summed E-state index contributed by atoms with van der Waals surface area (Å²) < 4.78 is 9.89. The van der Waals surface area contributed by atoms with E-state index < -0.39 is 23.9 Å². The molecule has 0 aliphatic carbocycles. The maximum Gasteiger partial charge on any atom is 0.328 e. The Hall–Kier alpha value is -4.62. The molecular weight excluding hydrogens is 470 g/mol. The molecule has 2 aromatic heterocycles. The zero-order valence-corrected chi connectivity index (χ0v) is 19.9.